The standard InChI is InChI=1S/C13H12ClN3S/c14-10-2-1-9(7-12-15-3-4-16-12)11(8-10)13-17-5-6-18-13/h1-2,5-6,8H,3-4,7H2,(H,15,16). The Bertz CT molecular complexity index is 578. The first kappa shape index (κ1) is 11.7. The highest BCUT2D eigenvalue weighted by atomic mass is 35.5. The molecule has 1 aromatic carbocycles. The molecule has 0 saturated carbocycles. The van der Waals surface area contributed by atoms with E-state index in [1.165, 1.54) is 5.56 Å². The van der Waals surface area contributed by atoms with E-state index in [1.807, 2.05) is 23.7 Å². The number of hydrogen-bond donors (Lipinski definition) is 1. The van der Waals surface area contributed by atoms with Gasteiger partial charge in [0.05, 0.1) is 6.54 Å². The van der Waals surface area contributed by atoms with Crippen LogP contribution in [0.25, 0.3) is 10.6 Å². The summed E-state index contributed by atoms with van der Waals surface area (Å²) in [6, 6.07) is 5.95. The molecule has 0 saturated heterocycles. The van der Waals surface area contributed by atoms with Crippen molar-refractivity contribution in [1.29, 1.82) is 0 Å². The SMILES string of the molecule is Clc1ccc(CC2=NCCN2)c(-c2nccs2)c1. The van der Waals surface area contributed by atoms with Gasteiger partial charge in [-0.2, -0.15) is 0 Å². The summed E-state index contributed by atoms with van der Waals surface area (Å²) in [5.41, 5.74) is 2.32. The largest absolute Gasteiger partial charge is 0.372 e. The maximum atomic E-state index is 6.08. The quantitative estimate of drug-likeness (QED) is 0.936. The maximum absolute atomic E-state index is 6.08. The molecule has 0 aliphatic carbocycles. The molecule has 0 radical (unpaired) electrons. The zero-order chi connectivity index (χ0) is 12.4. The van der Waals surface area contributed by atoms with Crippen molar-refractivity contribution in [2.45, 2.75) is 6.42 Å². The van der Waals surface area contributed by atoms with E-state index in [0.29, 0.717) is 0 Å². The fourth-order valence-corrected chi connectivity index (χ4v) is 2.87. The van der Waals surface area contributed by atoms with Gasteiger partial charge in [-0.1, -0.05) is 17.7 Å². The number of hydrogen-bond acceptors (Lipinski definition) is 4. The van der Waals surface area contributed by atoms with Crippen LogP contribution in [0.4, 0.5) is 0 Å². The molecule has 5 heteroatoms. The van der Waals surface area contributed by atoms with Crippen LogP contribution in [0.3, 0.4) is 0 Å². The number of aliphatic imine (C=N–C) groups is 1. The first-order chi connectivity index (χ1) is 8.83. The minimum atomic E-state index is 0.741. The third-order valence-corrected chi connectivity index (χ3v) is 3.88. The van der Waals surface area contributed by atoms with Gasteiger partial charge < -0.3 is 5.32 Å². The predicted octanol–water partition coefficient (Wildman–Crippen LogP) is 3.01. The summed E-state index contributed by atoms with van der Waals surface area (Å²) in [6.45, 7) is 1.81. The van der Waals surface area contributed by atoms with Gasteiger partial charge in [0.25, 0.3) is 0 Å². The Labute approximate surface area is 115 Å². The summed E-state index contributed by atoms with van der Waals surface area (Å²) in [5, 5.41) is 7.02. The van der Waals surface area contributed by atoms with E-state index in [-0.39, 0.29) is 0 Å². The smallest absolute Gasteiger partial charge is 0.123 e. The van der Waals surface area contributed by atoms with Crippen molar-refractivity contribution >= 4 is 28.8 Å². The van der Waals surface area contributed by atoms with Crippen LogP contribution in [0, 0.1) is 0 Å². The molecule has 1 aromatic heterocycles. The molecule has 3 rings (SSSR count). The topological polar surface area (TPSA) is 37.3 Å². The first-order valence-corrected chi connectivity index (χ1v) is 7.04. The normalized spacial score (nSPS) is 14.4. The van der Waals surface area contributed by atoms with Crippen LogP contribution < -0.4 is 5.32 Å². The van der Waals surface area contributed by atoms with Gasteiger partial charge >= 0.3 is 0 Å². The molecule has 2 heterocycles. The third-order valence-electron chi connectivity index (χ3n) is 2.84. The van der Waals surface area contributed by atoms with Crippen molar-refractivity contribution in [2.24, 2.45) is 4.99 Å². The second-order valence-electron chi connectivity index (χ2n) is 4.07. The number of halogens is 1. The molecular weight excluding hydrogens is 266 g/mol. The summed E-state index contributed by atoms with van der Waals surface area (Å²) in [6.07, 6.45) is 2.63. The van der Waals surface area contributed by atoms with E-state index in [1.54, 1.807) is 11.3 Å². The molecule has 0 fully saturated rings. The van der Waals surface area contributed by atoms with E-state index in [9.17, 15) is 0 Å². The van der Waals surface area contributed by atoms with Crippen molar-refractivity contribution < 1.29 is 0 Å². The Balaban J connectivity index is 1.98. The molecule has 1 N–H and O–H groups in total. The van der Waals surface area contributed by atoms with Gasteiger partial charge in [0, 0.05) is 35.1 Å². The minimum absolute atomic E-state index is 0.741. The Morgan fingerprint density at radius 3 is 3.06 bits per heavy atom. The van der Waals surface area contributed by atoms with E-state index in [2.05, 4.69) is 21.4 Å². The molecule has 0 spiro atoms. The molecule has 1 aliphatic heterocycles. The summed E-state index contributed by atoms with van der Waals surface area (Å²) in [5.74, 6) is 1.05. The average Bonchev–Trinajstić information content (AvgIpc) is 3.04. The van der Waals surface area contributed by atoms with Crippen LogP contribution >= 0.6 is 22.9 Å². The number of benzene rings is 1. The van der Waals surface area contributed by atoms with Crippen LogP contribution in [0.2, 0.25) is 5.02 Å². The fourth-order valence-electron chi connectivity index (χ4n) is 2.00. The lowest BCUT2D eigenvalue weighted by Crippen LogP contribution is -2.20. The molecule has 0 bridgehead atoms. The number of rotatable bonds is 3. The van der Waals surface area contributed by atoms with Crippen molar-refractivity contribution in [3.63, 3.8) is 0 Å². The van der Waals surface area contributed by atoms with Gasteiger partial charge in [-0.3, -0.25) is 4.99 Å². The van der Waals surface area contributed by atoms with Gasteiger partial charge in [-0.05, 0) is 17.7 Å². The lowest BCUT2D eigenvalue weighted by Gasteiger charge is -2.08. The van der Waals surface area contributed by atoms with Crippen molar-refractivity contribution in [3.8, 4) is 10.6 Å². The Morgan fingerprint density at radius 1 is 1.39 bits per heavy atom. The van der Waals surface area contributed by atoms with E-state index >= 15 is 0 Å². The summed E-state index contributed by atoms with van der Waals surface area (Å²) in [4.78, 5) is 8.79. The maximum Gasteiger partial charge on any atom is 0.123 e. The van der Waals surface area contributed by atoms with Gasteiger partial charge in [0.1, 0.15) is 10.8 Å². The summed E-state index contributed by atoms with van der Waals surface area (Å²) < 4.78 is 0. The zero-order valence-corrected chi connectivity index (χ0v) is 11.3. The number of amidine groups is 1. The van der Waals surface area contributed by atoms with Crippen LogP contribution in [-0.4, -0.2) is 23.9 Å². The van der Waals surface area contributed by atoms with Gasteiger partial charge in [0.2, 0.25) is 0 Å². The van der Waals surface area contributed by atoms with Crippen LogP contribution in [0.15, 0.2) is 34.8 Å². The number of thiazole rings is 1. The summed E-state index contributed by atoms with van der Waals surface area (Å²) in [7, 11) is 0. The highest BCUT2D eigenvalue weighted by molar-refractivity contribution is 7.13. The number of aromatic nitrogens is 1. The second-order valence-corrected chi connectivity index (χ2v) is 5.40. The Hall–Kier alpha value is -1.39. The van der Waals surface area contributed by atoms with Crippen LogP contribution in [-0.2, 0) is 6.42 Å². The zero-order valence-electron chi connectivity index (χ0n) is 9.69. The van der Waals surface area contributed by atoms with Crippen molar-refractivity contribution in [1.82, 2.24) is 10.3 Å². The number of nitrogens with one attached hydrogen (secondary N) is 1. The van der Waals surface area contributed by atoms with Crippen LogP contribution in [0.1, 0.15) is 5.56 Å². The lowest BCUT2D eigenvalue weighted by molar-refractivity contribution is 0.953. The molecular formula is C13H12ClN3S. The molecule has 0 atom stereocenters. The highest BCUT2D eigenvalue weighted by Crippen LogP contribution is 2.29. The first-order valence-electron chi connectivity index (χ1n) is 5.78. The highest BCUT2D eigenvalue weighted by Gasteiger charge is 2.12. The lowest BCUT2D eigenvalue weighted by atomic mass is 10.0. The molecule has 92 valence electrons. The second kappa shape index (κ2) is 5.08. The molecule has 1 aliphatic rings. The molecule has 0 amide bonds. The van der Waals surface area contributed by atoms with Gasteiger partial charge in [-0.15, -0.1) is 11.3 Å². The van der Waals surface area contributed by atoms with Gasteiger partial charge in [0.15, 0.2) is 0 Å². The Kier molecular flexibility index (Phi) is 3.30. The molecule has 2 aromatic rings. The third kappa shape index (κ3) is 2.40. The fraction of sp³-hybridized carbons (Fsp3) is 0.231. The number of nitrogens with zero attached hydrogens (tertiary/aromatic N) is 2. The average molecular weight is 278 g/mol. The van der Waals surface area contributed by atoms with Crippen molar-refractivity contribution in [3.05, 3.63) is 40.4 Å². The summed E-state index contributed by atoms with van der Waals surface area (Å²) >= 11 is 7.71. The van der Waals surface area contributed by atoms with E-state index in [4.69, 9.17) is 11.6 Å². The Morgan fingerprint density at radius 2 is 2.33 bits per heavy atom. The molecule has 3 nitrogen and oxygen atoms in total. The van der Waals surface area contributed by atoms with Gasteiger partial charge in [-0.25, -0.2) is 4.98 Å². The minimum Gasteiger partial charge on any atom is -0.372 e. The van der Waals surface area contributed by atoms with E-state index in [0.717, 1.165) is 40.9 Å². The molecule has 0 unspecified atom stereocenters. The predicted molar refractivity (Wildman–Crippen MR) is 76.6 cm³/mol. The monoisotopic (exact) mass is 277 g/mol. The van der Waals surface area contributed by atoms with E-state index < -0.39 is 0 Å². The van der Waals surface area contributed by atoms with Crippen LogP contribution in [0.5, 0.6) is 0 Å². The van der Waals surface area contributed by atoms with Crippen molar-refractivity contribution in [2.75, 3.05) is 13.1 Å². The molecule has 18 heavy (non-hydrogen) atoms.